The van der Waals surface area contributed by atoms with E-state index in [1.165, 1.54) is 12.8 Å². The summed E-state index contributed by atoms with van der Waals surface area (Å²) in [5.41, 5.74) is 5.61. The Bertz CT molecular complexity index is 575. The van der Waals surface area contributed by atoms with Gasteiger partial charge < -0.3 is 15.5 Å². The SMILES string of the molecule is Nc1n[nH]c(C2CCN(C3CCC(=O)N(CC4CC4)CC3)CC2)n1. The molecule has 24 heavy (non-hydrogen) atoms. The number of hydrogen-bond donors (Lipinski definition) is 2. The minimum Gasteiger partial charge on any atom is -0.367 e. The van der Waals surface area contributed by atoms with Crippen LogP contribution < -0.4 is 5.73 Å². The van der Waals surface area contributed by atoms with Gasteiger partial charge in [-0.15, -0.1) is 5.10 Å². The zero-order valence-electron chi connectivity index (χ0n) is 14.3. The number of hydrogen-bond acceptors (Lipinski definition) is 5. The molecule has 3 N–H and O–H groups in total. The molecule has 0 radical (unpaired) electrons. The molecule has 2 saturated heterocycles. The number of carbonyl (C=O) groups excluding carboxylic acids is 1. The van der Waals surface area contributed by atoms with Crippen LogP contribution in [-0.4, -0.2) is 63.1 Å². The predicted molar refractivity (Wildman–Crippen MR) is 91.3 cm³/mol. The van der Waals surface area contributed by atoms with Crippen LogP contribution in [-0.2, 0) is 4.79 Å². The van der Waals surface area contributed by atoms with Crippen LogP contribution >= 0.6 is 0 Å². The fourth-order valence-electron chi connectivity index (χ4n) is 4.20. The number of amides is 1. The molecular weight excluding hydrogens is 304 g/mol. The van der Waals surface area contributed by atoms with Crippen LogP contribution in [0.25, 0.3) is 0 Å². The van der Waals surface area contributed by atoms with Crippen molar-refractivity contribution in [2.24, 2.45) is 5.92 Å². The highest BCUT2D eigenvalue weighted by molar-refractivity contribution is 5.76. The van der Waals surface area contributed by atoms with E-state index in [1.807, 2.05) is 0 Å². The van der Waals surface area contributed by atoms with Crippen molar-refractivity contribution >= 4 is 11.9 Å². The fourth-order valence-corrected chi connectivity index (χ4v) is 4.20. The van der Waals surface area contributed by atoms with Crippen molar-refractivity contribution in [2.45, 2.75) is 56.9 Å². The molecule has 1 saturated carbocycles. The summed E-state index contributed by atoms with van der Waals surface area (Å²) >= 11 is 0. The Hall–Kier alpha value is -1.63. The monoisotopic (exact) mass is 332 g/mol. The number of carbonyl (C=O) groups is 1. The Kier molecular flexibility index (Phi) is 4.43. The molecule has 2 aliphatic heterocycles. The Balaban J connectivity index is 1.29. The Morgan fingerprint density at radius 2 is 1.88 bits per heavy atom. The molecule has 1 unspecified atom stereocenters. The van der Waals surface area contributed by atoms with Crippen molar-refractivity contribution in [3.63, 3.8) is 0 Å². The summed E-state index contributed by atoms with van der Waals surface area (Å²) in [4.78, 5) is 21.3. The maximum absolute atomic E-state index is 12.3. The summed E-state index contributed by atoms with van der Waals surface area (Å²) in [5.74, 6) is 2.86. The summed E-state index contributed by atoms with van der Waals surface area (Å²) in [6, 6.07) is 0.555. The van der Waals surface area contributed by atoms with Gasteiger partial charge in [0.15, 0.2) is 0 Å². The Morgan fingerprint density at radius 3 is 2.54 bits per heavy atom. The number of nitrogens with one attached hydrogen (secondary N) is 1. The normalized spacial score (nSPS) is 27.4. The molecule has 1 aromatic heterocycles. The summed E-state index contributed by atoms with van der Waals surface area (Å²) in [5, 5.41) is 6.90. The van der Waals surface area contributed by atoms with Crippen molar-refractivity contribution in [3.8, 4) is 0 Å². The van der Waals surface area contributed by atoms with Gasteiger partial charge in [0, 0.05) is 31.5 Å². The van der Waals surface area contributed by atoms with E-state index in [0.29, 0.717) is 23.8 Å². The number of aromatic nitrogens is 3. The van der Waals surface area contributed by atoms with Crippen molar-refractivity contribution in [3.05, 3.63) is 5.82 Å². The third-order valence-corrected chi connectivity index (χ3v) is 5.90. The van der Waals surface area contributed by atoms with E-state index < -0.39 is 0 Å². The molecule has 1 amide bonds. The molecule has 1 aromatic rings. The van der Waals surface area contributed by atoms with Crippen molar-refractivity contribution in [1.29, 1.82) is 0 Å². The Morgan fingerprint density at radius 1 is 1.08 bits per heavy atom. The average Bonchev–Trinajstić information content (AvgIpc) is 3.34. The largest absolute Gasteiger partial charge is 0.367 e. The zero-order chi connectivity index (χ0) is 16.5. The minimum atomic E-state index is 0.338. The quantitative estimate of drug-likeness (QED) is 0.868. The van der Waals surface area contributed by atoms with Gasteiger partial charge >= 0.3 is 0 Å². The number of nitrogens with zero attached hydrogens (tertiary/aromatic N) is 4. The summed E-state index contributed by atoms with van der Waals surface area (Å²) in [6.45, 7) is 4.10. The van der Waals surface area contributed by atoms with Gasteiger partial charge in [-0.2, -0.15) is 4.98 Å². The average molecular weight is 332 g/mol. The molecule has 3 heterocycles. The smallest absolute Gasteiger partial charge is 0.239 e. The molecule has 7 heteroatoms. The number of rotatable bonds is 4. The second-order valence-electron chi connectivity index (χ2n) is 7.65. The molecule has 132 valence electrons. The standard InChI is InChI=1S/C17H28N6O/c18-17-19-16(20-21-17)13-5-8-22(9-6-13)14-3-4-15(24)23(10-7-14)11-12-1-2-12/h12-14H,1-11H2,(H3,18,19,20,21). The Labute approximate surface area is 143 Å². The first-order chi connectivity index (χ1) is 11.7. The van der Waals surface area contributed by atoms with E-state index >= 15 is 0 Å². The molecule has 0 bridgehead atoms. The van der Waals surface area contributed by atoms with Crippen LogP contribution in [0.1, 0.15) is 56.7 Å². The second-order valence-corrected chi connectivity index (χ2v) is 7.65. The number of piperidine rings is 1. The lowest BCUT2D eigenvalue weighted by Gasteiger charge is -2.36. The third-order valence-electron chi connectivity index (χ3n) is 5.90. The number of anilines is 1. The van der Waals surface area contributed by atoms with Crippen LogP contribution in [0.4, 0.5) is 5.95 Å². The molecular formula is C17H28N6O. The van der Waals surface area contributed by atoms with E-state index in [1.54, 1.807) is 0 Å². The topological polar surface area (TPSA) is 91.1 Å². The van der Waals surface area contributed by atoms with Gasteiger partial charge in [-0.25, -0.2) is 0 Å². The van der Waals surface area contributed by atoms with Gasteiger partial charge in [-0.05, 0) is 57.5 Å². The number of likely N-dealkylation sites (tertiary alicyclic amines) is 2. The van der Waals surface area contributed by atoms with Crippen molar-refractivity contribution < 1.29 is 4.79 Å². The maximum atomic E-state index is 12.3. The zero-order valence-corrected chi connectivity index (χ0v) is 14.3. The van der Waals surface area contributed by atoms with Gasteiger partial charge in [0.25, 0.3) is 0 Å². The molecule has 3 fully saturated rings. The highest BCUT2D eigenvalue weighted by Crippen LogP contribution is 2.32. The summed E-state index contributed by atoms with van der Waals surface area (Å²) in [7, 11) is 0. The first-order valence-corrected chi connectivity index (χ1v) is 9.38. The van der Waals surface area contributed by atoms with Crippen molar-refractivity contribution in [1.82, 2.24) is 25.0 Å². The van der Waals surface area contributed by atoms with E-state index in [4.69, 9.17) is 5.73 Å². The van der Waals surface area contributed by atoms with Crippen molar-refractivity contribution in [2.75, 3.05) is 31.9 Å². The lowest BCUT2D eigenvalue weighted by molar-refractivity contribution is -0.130. The number of nitrogen functional groups attached to an aromatic ring is 1. The summed E-state index contributed by atoms with van der Waals surface area (Å²) < 4.78 is 0. The van der Waals surface area contributed by atoms with Gasteiger partial charge in [-0.1, -0.05) is 0 Å². The predicted octanol–water partition coefficient (Wildman–Crippen LogP) is 1.36. The van der Waals surface area contributed by atoms with E-state index in [0.717, 1.165) is 70.0 Å². The second kappa shape index (κ2) is 6.70. The van der Waals surface area contributed by atoms with Gasteiger partial charge in [0.1, 0.15) is 5.82 Å². The van der Waals surface area contributed by atoms with Gasteiger partial charge in [0.2, 0.25) is 11.9 Å². The van der Waals surface area contributed by atoms with Crippen LogP contribution in [0.5, 0.6) is 0 Å². The van der Waals surface area contributed by atoms with Gasteiger partial charge in [0.05, 0.1) is 0 Å². The van der Waals surface area contributed by atoms with E-state index in [9.17, 15) is 4.79 Å². The first-order valence-electron chi connectivity index (χ1n) is 9.38. The lowest BCUT2D eigenvalue weighted by atomic mass is 9.94. The molecule has 3 aliphatic rings. The molecule has 0 spiro atoms. The van der Waals surface area contributed by atoms with Crippen LogP contribution in [0.15, 0.2) is 0 Å². The minimum absolute atomic E-state index is 0.338. The molecule has 0 aromatic carbocycles. The number of nitrogens with two attached hydrogens (primary N) is 1. The molecule has 7 nitrogen and oxygen atoms in total. The van der Waals surface area contributed by atoms with Crippen LogP contribution in [0, 0.1) is 5.92 Å². The first kappa shape index (κ1) is 15.9. The van der Waals surface area contributed by atoms with Gasteiger partial charge in [-0.3, -0.25) is 9.89 Å². The maximum Gasteiger partial charge on any atom is 0.239 e. The fraction of sp³-hybridized carbons (Fsp3) is 0.824. The molecule has 1 atom stereocenters. The van der Waals surface area contributed by atoms with Crippen LogP contribution in [0.2, 0.25) is 0 Å². The number of H-pyrrole nitrogens is 1. The summed E-state index contributed by atoms with van der Waals surface area (Å²) in [6.07, 6.45) is 7.66. The highest BCUT2D eigenvalue weighted by Gasteiger charge is 2.32. The highest BCUT2D eigenvalue weighted by atomic mass is 16.2. The van der Waals surface area contributed by atoms with E-state index in [-0.39, 0.29) is 0 Å². The number of aromatic amines is 1. The molecule has 1 aliphatic carbocycles. The molecule has 4 rings (SSSR count). The lowest BCUT2D eigenvalue weighted by Crippen LogP contribution is -2.41. The third kappa shape index (κ3) is 3.55. The van der Waals surface area contributed by atoms with E-state index in [2.05, 4.69) is 25.0 Å². The van der Waals surface area contributed by atoms with Crippen LogP contribution in [0.3, 0.4) is 0 Å².